The van der Waals surface area contributed by atoms with E-state index in [4.69, 9.17) is 16.3 Å². The first-order valence-corrected chi connectivity index (χ1v) is 8.86. The van der Waals surface area contributed by atoms with E-state index in [1.54, 1.807) is 6.92 Å². The molecule has 0 radical (unpaired) electrons. The molecule has 2 aromatic rings. The van der Waals surface area contributed by atoms with Crippen molar-refractivity contribution in [3.05, 3.63) is 52.3 Å². The molecular formula is C18H19ClN4O4. The monoisotopic (exact) mass is 390 g/mol. The van der Waals surface area contributed by atoms with Crippen LogP contribution >= 0.6 is 11.6 Å². The molecule has 0 spiro atoms. The van der Waals surface area contributed by atoms with E-state index in [2.05, 4.69) is 15.7 Å². The zero-order chi connectivity index (χ0) is 19.4. The van der Waals surface area contributed by atoms with Gasteiger partial charge in [0.15, 0.2) is 6.61 Å². The van der Waals surface area contributed by atoms with Crippen molar-refractivity contribution in [2.24, 2.45) is 0 Å². The Morgan fingerprint density at radius 1 is 1.26 bits per heavy atom. The molecule has 3 rings (SSSR count). The minimum absolute atomic E-state index is 0.0998. The van der Waals surface area contributed by atoms with Crippen LogP contribution in [0.25, 0.3) is 0 Å². The third-order valence-corrected chi connectivity index (χ3v) is 4.33. The molecule has 2 N–H and O–H groups in total. The summed E-state index contributed by atoms with van der Waals surface area (Å²) in [5, 5.41) is 9.10. The van der Waals surface area contributed by atoms with Gasteiger partial charge in [-0.1, -0.05) is 41.9 Å². The Bertz CT molecular complexity index is 862. The normalized spacial score (nSPS) is 13.1. The number of esters is 1. The average molecular weight is 391 g/mol. The molecule has 1 aliphatic rings. The van der Waals surface area contributed by atoms with Gasteiger partial charge in [-0.25, -0.2) is 14.3 Å². The maximum absolute atomic E-state index is 12.3. The Kier molecular flexibility index (Phi) is 5.75. The van der Waals surface area contributed by atoms with Crippen molar-refractivity contribution in [3.63, 3.8) is 0 Å². The minimum Gasteiger partial charge on any atom is -0.452 e. The summed E-state index contributed by atoms with van der Waals surface area (Å²) in [6, 6.07) is 9.06. The van der Waals surface area contributed by atoms with Gasteiger partial charge in [0.2, 0.25) is 0 Å². The van der Waals surface area contributed by atoms with Gasteiger partial charge in [0.1, 0.15) is 10.7 Å². The van der Waals surface area contributed by atoms with Crippen LogP contribution in [0.15, 0.2) is 30.3 Å². The van der Waals surface area contributed by atoms with E-state index in [-0.39, 0.29) is 16.8 Å². The van der Waals surface area contributed by atoms with Crippen LogP contribution in [0.5, 0.6) is 0 Å². The van der Waals surface area contributed by atoms with E-state index in [1.807, 2.05) is 30.3 Å². The van der Waals surface area contributed by atoms with Gasteiger partial charge in [0, 0.05) is 6.04 Å². The number of amides is 3. The van der Waals surface area contributed by atoms with E-state index in [1.165, 1.54) is 4.68 Å². The minimum atomic E-state index is -0.769. The zero-order valence-electron chi connectivity index (χ0n) is 14.7. The molecule has 1 fully saturated rings. The summed E-state index contributed by atoms with van der Waals surface area (Å²) >= 11 is 6.27. The fraction of sp³-hybridized carbons (Fsp3) is 0.333. The van der Waals surface area contributed by atoms with E-state index in [0.717, 1.165) is 18.4 Å². The highest BCUT2D eigenvalue weighted by Gasteiger charge is 2.25. The second kappa shape index (κ2) is 8.22. The lowest BCUT2D eigenvalue weighted by molar-refractivity contribution is -0.123. The lowest BCUT2D eigenvalue weighted by Crippen LogP contribution is -2.42. The predicted molar refractivity (Wildman–Crippen MR) is 97.5 cm³/mol. The van der Waals surface area contributed by atoms with E-state index >= 15 is 0 Å². The zero-order valence-corrected chi connectivity index (χ0v) is 15.5. The number of hydrogen-bond acceptors (Lipinski definition) is 5. The van der Waals surface area contributed by atoms with Crippen LogP contribution in [-0.2, 0) is 16.1 Å². The Hall–Kier alpha value is -2.87. The highest BCUT2D eigenvalue weighted by Crippen LogP contribution is 2.22. The molecule has 3 amide bonds. The van der Waals surface area contributed by atoms with Gasteiger partial charge in [0.25, 0.3) is 5.91 Å². The van der Waals surface area contributed by atoms with Crippen LogP contribution in [0, 0.1) is 6.92 Å². The third kappa shape index (κ3) is 5.07. The van der Waals surface area contributed by atoms with Crippen molar-refractivity contribution in [2.75, 3.05) is 6.61 Å². The lowest BCUT2D eigenvalue weighted by Gasteiger charge is -2.07. The van der Waals surface area contributed by atoms with Gasteiger partial charge in [-0.15, -0.1) is 0 Å². The van der Waals surface area contributed by atoms with Gasteiger partial charge in [0.05, 0.1) is 12.2 Å². The fourth-order valence-corrected chi connectivity index (χ4v) is 2.77. The van der Waals surface area contributed by atoms with Crippen LogP contribution in [0.2, 0.25) is 5.15 Å². The summed E-state index contributed by atoms with van der Waals surface area (Å²) in [4.78, 5) is 35.5. The van der Waals surface area contributed by atoms with Crippen molar-refractivity contribution in [3.8, 4) is 0 Å². The molecule has 0 atom stereocenters. The molecule has 9 heteroatoms. The van der Waals surface area contributed by atoms with Crippen LogP contribution < -0.4 is 10.6 Å². The van der Waals surface area contributed by atoms with Crippen LogP contribution in [-0.4, -0.2) is 40.3 Å². The summed E-state index contributed by atoms with van der Waals surface area (Å²) in [5.74, 6) is -1.48. The van der Waals surface area contributed by atoms with Gasteiger partial charge >= 0.3 is 12.0 Å². The first-order valence-electron chi connectivity index (χ1n) is 8.48. The van der Waals surface area contributed by atoms with Crippen LogP contribution in [0.1, 0.15) is 34.5 Å². The quantitative estimate of drug-likeness (QED) is 0.735. The molecule has 0 unspecified atom stereocenters. The standard InChI is InChI=1S/C18H19ClN4O4/c1-11-15(16(19)23(22-11)9-12-5-3-2-4-6-12)17(25)27-10-14(24)21-18(26)20-13-7-8-13/h2-6,13H,7-10H2,1H3,(H2,20,21,24,26). The highest BCUT2D eigenvalue weighted by molar-refractivity contribution is 6.32. The number of nitrogens with one attached hydrogen (secondary N) is 2. The number of imide groups is 1. The summed E-state index contributed by atoms with van der Waals surface area (Å²) in [5.41, 5.74) is 1.47. The van der Waals surface area contributed by atoms with Gasteiger partial charge < -0.3 is 10.1 Å². The van der Waals surface area contributed by atoms with Crippen LogP contribution in [0.3, 0.4) is 0 Å². The van der Waals surface area contributed by atoms with E-state index < -0.39 is 24.5 Å². The molecule has 1 aromatic heterocycles. The molecule has 8 nitrogen and oxygen atoms in total. The molecule has 1 aromatic carbocycles. The molecule has 1 aliphatic carbocycles. The molecule has 0 aliphatic heterocycles. The summed E-state index contributed by atoms with van der Waals surface area (Å²) < 4.78 is 6.46. The first-order chi connectivity index (χ1) is 12.9. The van der Waals surface area contributed by atoms with E-state index in [0.29, 0.717) is 12.2 Å². The van der Waals surface area contributed by atoms with Crippen molar-refractivity contribution in [2.45, 2.75) is 32.4 Å². The third-order valence-electron chi connectivity index (χ3n) is 3.94. The number of benzene rings is 1. The van der Waals surface area contributed by atoms with Gasteiger partial charge in [-0.05, 0) is 25.3 Å². The largest absolute Gasteiger partial charge is 0.452 e. The second-order valence-corrected chi connectivity index (χ2v) is 6.62. The van der Waals surface area contributed by atoms with Gasteiger partial charge in [-0.3, -0.25) is 10.1 Å². The second-order valence-electron chi connectivity index (χ2n) is 6.27. The molecule has 0 bridgehead atoms. The summed E-state index contributed by atoms with van der Waals surface area (Å²) in [7, 11) is 0. The number of urea groups is 1. The molecule has 1 heterocycles. The molecule has 1 saturated carbocycles. The smallest absolute Gasteiger partial charge is 0.343 e. The number of aromatic nitrogens is 2. The Morgan fingerprint density at radius 2 is 1.96 bits per heavy atom. The number of rotatable bonds is 6. The maximum atomic E-state index is 12.3. The number of hydrogen-bond donors (Lipinski definition) is 2. The molecule has 27 heavy (non-hydrogen) atoms. The average Bonchev–Trinajstić information content (AvgIpc) is 3.39. The van der Waals surface area contributed by atoms with Crippen molar-refractivity contribution >= 4 is 29.5 Å². The summed E-state index contributed by atoms with van der Waals surface area (Å²) in [6.07, 6.45) is 1.81. The molecular weight excluding hydrogens is 372 g/mol. The number of ether oxygens (including phenoxy) is 1. The van der Waals surface area contributed by atoms with Crippen molar-refractivity contribution in [1.82, 2.24) is 20.4 Å². The molecule has 142 valence electrons. The predicted octanol–water partition coefficient (Wildman–Crippen LogP) is 2.04. The van der Waals surface area contributed by atoms with Crippen molar-refractivity contribution < 1.29 is 19.1 Å². The Balaban J connectivity index is 1.57. The topological polar surface area (TPSA) is 102 Å². The molecule has 0 saturated heterocycles. The highest BCUT2D eigenvalue weighted by atomic mass is 35.5. The number of carbonyl (C=O) groups excluding carboxylic acids is 3. The van der Waals surface area contributed by atoms with Gasteiger partial charge in [-0.2, -0.15) is 5.10 Å². The van der Waals surface area contributed by atoms with Crippen LogP contribution in [0.4, 0.5) is 4.79 Å². The number of nitrogens with zero attached hydrogens (tertiary/aromatic N) is 2. The van der Waals surface area contributed by atoms with Crippen molar-refractivity contribution in [1.29, 1.82) is 0 Å². The fourth-order valence-electron chi connectivity index (χ4n) is 2.46. The Morgan fingerprint density at radius 3 is 2.63 bits per heavy atom. The Labute approximate surface area is 160 Å². The lowest BCUT2D eigenvalue weighted by atomic mass is 10.2. The summed E-state index contributed by atoms with van der Waals surface area (Å²) in [6.45, 7) is 1.44. The maximum Gasteiger partial charge on any atom is 0.343 e. The first kappa shape index (κ1) is 18.9. The SMILES string of the molecule is Cc1nn(Cc2ccccc2)c(Cl)c1C(=O)OCC(=O)NC(=O)NC1CC1. The number of aryl methyl sites for hydroxylation is 1. The number of halogens is 1. The number of carbonyl (C=O) groups is 3. The van der Waals surface area contributed by atoms with E-state index in [9.17, 15) is 14.4 Å².